The molecule has 0 aliphatic carbocycles. The molecule has 0 aliphatic rings. The summed E-state index contributed by atoms with van der Waals surface area (Å²) in [5.74, 6) is -0.604. The van der Waals surface area contributed by atoms with Gasteiger partial charge in [0.25, 0.3) is 0 Å². The van der Waals surface area contributed by atoms with Crippen molar-refractivity contribution in [1.82, 2.24) is 0 Å². The van der Waals surface area contributed by atoms with Gasteiger partial charge in [-0.2, -0.15) is 0 Å². The van der Waals surface area contributed by atoms with E-state index < -0.39 is 97.5 Å². The predicted octanol–water partition coefficient (Wildman–Crippen LogP) is 19.2. The van der Waals surface area contributed by atoms with Gasteiger partial charge >= 0.3 is 39.5 Å². The Morgan fingerprint density at radius 2 is 0.586 bits per heavy atom. The van der Waals surface area contributed by atoms with Crippen LogP contribution >= 0.6 is 15.6 Å². The van der Waals surface area contributed by atoms with Gasteiger partial charge < -0.3 is 33.8 Å². The van der Waals surface area contributed by atoms with E-state index in [4.69, 9.17) is 37.0 Å². The fraction of sp³-hybridized carbons (Fsp3) is 0.941. The number of hydrogen-bond donors (Lipinski definition) is 3. The molecule has 0 aromatic rings. The highest BCUT2D eigenvalue weighted by Crippen LogP contribution is 2.45. The Morgan fingerprint density at radius 3 is 0.874 bits per heavy atom. The minimum Gasteiger partial charge on any atom is -0.462 e. The lowest BCUT2D eigenvalue weighted by Gasteiger charge is -2.21. The van der Waals surface area contributed by atoms with Crippen molar-refractivity contribution in [2.75, 3.05) is 39.6 Å². The molecule has 0 fully saturated rings. The van der Waals surface area contributed by atoms with E-state index in [1.165, 1.54) is 154 Å². The van der Waals surface area contributed by atoms with Crippen LogP contribution in [0.25, 0.3) is 0 Å². The lowest BCUT2D eigenvalue weighted by Crippen LogP contribution is -2.30. The van der Waals surface area contributed by atoms with Crippen molar-refractivity contribution in [3.05, 3.63) is 0 Å². The summed E-state index contributed by atoms with van der Waals surface area (Å²) in [5, 5.41) is 10.6. The van der Waals surface area contributed by atoms with Crippen LogP contribution in [0.5, 0.6) is 0 Å². The maximum atomic E-state index is 13.0. The number of esters is 4. The molecule has 0 aromatic heterocycles. The van der Waals surface area contributed by atoms with Crippen molar-refractivity contribution >= 4 is 39.5 Å². The smallest absolute Gasteiger partial charge is 0.462 e. The second-order valence-corrected chi connectivity index (χ2v) is 28.2. The molecule has 0 amide bonds. The average Bonchev–Trinajstić information content (AvgIpc) is 3.70. The first-order chi connectivity index (χ1) is 41.9. The molecular weight excluding hydrogens is 1150 g/mol. The molecule has 3 N–H and O–H groups in total. The van der Waals surface area contributed by atoms with Gasteiger partial charge in [0, 0.05) is 25.7 Å². The summed E-state index contributed by atoms with van der Waals surface area (Å²) < 4.78 is 68.1. The molecule has 0 heterocycles. The molecule has 516 valence electrons. The summed E-state index contributed by atoms with van der Waals surface area (Å²) in [6, 6.07) is 0. The average molecular weight is 1280 g/mol. The maximum absolute atomic E-state index is 13.0. The molecule has 0 saturated heterocycles. The third-order valence-electron chi connectivity index (χ3n) is 16.1. The van der Waals surface area contributed by atoms with E-state index in [-0.39, 0.29) is 25.7 Å². The molecule has 87 heavy (non-hydrogen) atoms. The molecule has 0 radical (unpaired) electrons. The van der Waals surface area contributed by atoms with E-state index >= 15 is 0 Å². The van der Waals surface area contributed by atoms with Crippen LogP contribution in [-0.2, 0) is 65.4 Å². The van der Waals surface area contributed by atoms with Crippen molar-refractivity contribution in [3.8, 4) is 0 Å². The van der Waals surface area contributed by atoms with Gasteiger partial charge in [-0.15, -0.1) is 0 Å². The number of hydrogen-bond acceptors (Lipinski definition) is 15. The highest BCUT2D eigenvalue weighted by atomic mass is 31.2. The van der Waals surface area contributed by atoms with E-state index in [1.54, 1.807) is 0 Å². The van der Waals surface area contributed by atoms with Crippen LogP contribution < -0.4 is 0 Å². The molecular formula is C68H132O17P2. The van der Waals surface area contributed by atoms with Gasteiger partial charge in [0.15, 0.2) is 12.2 Å². The molecule has 3 unspecified atom stereocenters. The van der Waals surface area contributed by atoms with Crippen LogP contribution in [0.1, 0.15) is 343 Å². The van der Waals surface area contributed by atoms with Crippen LogP contribution in [-0.4, -0.2) is 96.7 Å². The molecule has 0 aromatic carbocycles. The number of ether oxygens (including phenoxy) is 4. The van der Waals surface area contributed by atoms with Gasteiger partial charge in [-0.1, -0.05) is 292 Å². The fourth-order valence-corrected chi connectivity index (χ4v) is 11.8. The first-order valence-electron chi connectivity index (χ1n) is 35.5. The molecule has 0 aliphatic heterocycles. The fourth-order valence-electron chi connectivity index (χ4n) is 10.2. The van der Waals surface area contributed by atoms with E-state index in [0.717, 1.165) is 102 Å². The Kier molecular flexibility index (Phi) is 59.0. The molecule has 0 spiro atoms. The molecule has 17 nitrogen and oxygen atoms in total. The molecule has 19 heteroatoms. The first-order valence-corrected chi connectivity index (χ1v) is 38.5. The lowest BCUT2D eigenvalue weighted by molar-refractivity contribution is -0.161. The number of aliphatic hydroxyl groups is 1. The minimum atomic E-state index is -4.95. The standard InChI is InChI=1S/C68H132O17P2/c1-7-10-12-14-16-18-27-31-38-44-50-65(70)78-56-63(84-68(73)53-47-41-33-29-25-23-21-20-22-24-26-30-37-43-49-61(6)9-3)58-82-86(74,75)80-54-62(69)55-81-87(76,77)83-59-64(57-79-66(71)51-45-39-35-34-36-42-48-60(4)5)85-67(72)52-46-40-32-28-19-17-15-13-11-8-2/h60-64,69H,7-59H2,1-6H3,(H,74,75)(H,76,77)/t61?,62-,63-,64-/m1/s1. The van der Waals surface area contributed by atoms with E-state index in [9.17, 15) is 43.2 Å². The predicted molar refractivity (Wildman–Crippen MR) is 349 cm³/mol. The van der Waals surface area contributed by atoms with Crippen LogP contribution in [0, 0.1) is 11.8 Å². The topological polar surface area (TPSA) is 237 Å². The third kappa shape index (κ3) is 61.3. The number of carbonyl (C=O) groups excluding carboxylic acids is 4. The van der Waals surface area contributed by atoms with Gasteiger partial charge in [-0.05, 0) is 37.5 Å². The number of phosphoric acid groups is 2. The summed E-state index contributed by atoms with van der Waals surface area (Å²) in [6.07, 6.45) is 44.5. The Labute approximate surface area is 530 Å². The van der Waals surface area contributed by atoms with Crippen molar-refractivity contribution in [3.63, 3.8) is 0 Å². The second-order valence-electron chi connectivity index (χ2n) is 25.3. The highest BCUT2D eigenvalue weighted by Gasteiger charge is 2.30. The van der Waals surface area contributed by atoms with Crippen molar-refractivity contribution in [2.45, 2.75) is 362 Å². The maximum Gasteiger partial charge on any atom is 0.472 e. The van der Waals surface area contributed by atoms with Crippen LogP contribution in [0.4, 0.5) is 0 Å². The summed E-state index contributed by atoms with van der Waals surface area (Å²) >= 11 is 0. The Hall–Kier alpha value is -1.94. The Morgan fingerprint density at radius 1 is 0.333 bits per heavy atom. The number of unbranched alkanes of at least 4 members (excludes halogenated alkanes) is 36. The molecule has 0 bridgehead atoms. The van der Waals surface area contributed by atoms with E-state index in [2.05, 4.69) is 41.5 Å². The quantitative estimate of drug-likeness (QED) is 0.0222. The van der Waals surface area contributed by atoms with E-state index in [0.29, 0.717) is 31.6 Å². The summed E-state index contributed by atoms with van der Waals surface area (Å²) in [6.45, 7) is 9.48. The molecule has 0 rings (SSSR count). The number of rotatable bonds is 67. The van der Waals surface area contributed by atoms with Crippen molar-refractivity contribution in [2.24, 2.45) is 11.8 Å². The third-order valence-corrected chi connectivity index (χ3v) is 18.0. The van der Waals surface area contributed by atoms with Crippen molar-refractivity contribution < 1.29 is 80.2 Å². The minimum absolute atomic E-state index is 0.105. The number of carbonyl (C=O) groups is 4. The van der Waals surface area contributed by atoms with Gasteiger partial charge in [-0.3, -0.25) is 37.3 Å². The van der Waals surface area contributed by atoms with Gasteiger partial charge in [-0.25, -0.2) is 9.13 Å². The Bertz CT molecular complexity index is 1700. The van der Waals surface area contributed by atoms with Gasteiger partial charge in [0.05, 0.1) is 26.4 Å². The monoisotopic (exact) mass is 1280 g/mol. The Balaban J connectivity index is 5.19. The normalized spacial score (nSPS) is 14.5. The van der Waals surface area contributed by atoms with E-state index in [1.807, 2.05) is 0 Å². The summed E-state index contributed by atoms with van der Waals surface area (Å²) in [5.41, 5.74) is 0. The zero-order chi connectivity index (χ0) is 64.3. The van der Waals surface area contributed by atoms with Gasteiger partial charge in [0.2, 0.25) is 0 Å². The second kappa shape index (κ2) is 60.3. The highest BCUT2D eigenvalue weighted by molar-refractivity contribution is 7.47. The number of phosphoric ester groups is 2. The zero-order valence-electron chi connectivity index (χ0n) is 56.3. The number of aliphatic hydroxyl groups excluding tert-OH is 1. The van der Waals surface area contributed by atoms with Crippen LogP contribution in [0.15, 0.2) is 0 Å². The SMILES string of the molecule is CCCCCCCCCCCCC(=O)OC[C@H](COP(=O)(O)OC[C@@H](O)COP(=O)(O)OC[C@@H](COC(=O)CCCCCCCCC(C)C)OC(=O)CCCCCCCCCCCC)OC(=O)CCCCCCCCCCCCCCCCC(C)CC. The lowest BCUT2D eigenvalue weighted by atomic mass is 9.99. The summed E-state index contributed by atoms with van der Waals surface area (Å²) in [4.78, 5) is 72.3. The molecule has 0 saturated carbocycles. The first kappa shape index (κ1) is 85.1. The largest absolute Gasteiger partial charge is 0.472 e. The van der Waals surface area contributed by atoms with Gasteiger partial charge in [0.1, 0.15) is 19.3 Å². The van der Waals surface area contributed by atoms with Crippen molar-refractivity contribution in [1.29, 1.82) is 0 Å². The zero-order valence-corrected chi connectivity index (χ0v) is 58.1. The van der Waals surface area contributed by atoms with Crippen LogP contribution in [0.2, 0.25) is 0 Å². The molecule has 6 atom stereocenters. The van der Waals surface area contributed by atoms with Crippen LogP contribution in [0.3, 0.4) is 0 Å². The summed E-state index contributed by atoms with van der Waals surface area (Å²) in [7, 11) is -9.89.